The third kappa shape index (κ3) is 6.22. The number of hydrogen-bond acceptors (Lipinski definition) is 4. The molecule has 5 nitrogen and oxygen atoms in total. The van der Waals surface area contributed by atoms with E-state index in [2.05, 4.69) is 5.32 Å². The summed E-state index contributed by atoms with van der Waals surface area (Å²) in [5, 5.41) is 3.29. The minimum atomic E-state index is 0. The lowest BCUT2D eigenvalue weighted by atomic mass is 10.2. The van der Waals surface area contributed by atoms with E-state index in [9.17, 15) is 4.79 Å². The Balaban J connectivity index is 0.00000242. The number of carbonyl (C=O) groups is 1. The van der Waals surface area contributed by atoms with Gasteiger partial charge in [0.15, 0.2) is 0 Å². The van der Waals surface area contributed by atoms with Crippen LogP contribution in [0.5, 0.6) is 5.75 Å². The van der Waals surface area contributed by atoms with Crippen LogP contribution < -0.4 is 10.1 Å². The maximum Gasteiger partial charge on any atom is 0.224 e. The molecule has 1 saturated heterocycles. The quantitative estimate of drug-likeness (QED) is 0.862. The second-order valence-electron chi connectivity index (χ2n) is 5.41. The Morgan fingerprint density at radius 3 is 2.77 bits per heavy atom. The van der Waals surface area contributed by atoms with Crippen LogP contribution in [0.3, 0.4) is 0 Å². The van der Waals surface area contributed by atoms with Crippen LogP contribution in [-0.4, -0.2) is 56.8 Å². The fraction of sp³-hybridized carbons (Fsp3) is 0.562. The number of nitrogens with one attached hydrogen (secondary N) is 1. The van der Waals surface area contributed by atoms with Crippen LogP contribution in [0.4, 0.5) is 0 Å². The van der Waals surface area contributed by atoms with E-state index in [0.29, 0.717) is 26.2 Å². The minimum absolute atomic E-state index is 0. The summed E-state index contributed by atoms with van der Waals surface area (Å²) in [6.07, 6.45) is 0.473. The molecular weight excluding hydrogens is 304 g/mol. The van der Waals surface area contributed by atoms with Crippen molar-refractivity contribution in [3.8, 4) is 5.75 Å². The van der Waals surface area contributed by atoms with Gasteiger partial charge in [-0.3, -0.25) is 4.79 Å². The average Bonchev–Trinajstić information content (AvgIpc) is 2.50. The number of rotatable bonds is 6. The molecule has 0 aromatic heterocycles. The van der Waals surface area contributed by atoms with Crippen molar-refractivity contribution in [1.82, 2.24) is 10.2 Å². The highest BCUT2D eigenvalue weighted by Gasteiger charge is 2.19. The number of aryl methyl sites for hydroxylation is 1. The highest BCUT2D eigenvalue weighted by Crippen LogP contribution is 2.11. The van der Waals surface area contributed by atoms with Crippen molar-refractivity contribution in [2.75, 3.05) is 40.0 Å². The second-order valence-corrected chi connectivity index (χ2v) is 5.41. The Labute approximate surface area is 138 Å². The molecule has 1 aromatic carbocycles. The SMILES string of the molecule is Cc1ccc(OCCN(C)C(=O)CC2COCCN2)cc1.Cl. The van der Waals surface area contributed by atoms with Crippen molar-refractivity contribution in [1.29, 1.82) is 0 Å². The van der Waals surface area contributed by atoms with Gasteiger partial charge in [-0.05, 0) is 19.1 Å². The monoisotopic (exact) mass is 328 g/mol. The van der Waals surface area contributed by atoms with E-state index in [1.165, 1.54) is 5.56 Å². The third-order valence-electron chi connectivity index (χ3n) is 3.56. The lowest BCUT2D eigenvalue weighted by Crippen LogP contribution is -2.45. The molecule has 1 amide bonds. The van der Waals surface area contributed by atoms with Crippen molar-refractivity contribution in [3.05, 3.63) is 29.8 Å². The first-order valence-corrected chi connectivity index (χ1v) is 7.39. The first-order chi connectivity index (χ1) is 10.1. The zero-order chi connectivity index (χ0) is 15.1. The molecule has 0 bridgehead atoms. The third-order valence-corrected chi connectivity index (χ3v) is 3.56. The van der Waals surface area contributed by atoms with Gasteiger partial charge in [-0.15, -0.1) is 12.4 Å². The molecular formula is C16H25ClN2O3. The number of halogens is 1. The van der Waals surface area contributed by atoms with Crippen LogP contribution in [0.1, 0.15) is 12.0 Å². The number of benzene rings is 1. The molecule has 0 saturated carbocycles. The molecule has 1 aliphatic heterocycles. The smallest absolute Gasteiger partial charge is 0.224 e. The van der Waals surface area contributed by atoms with Gasteiger partial charge in [0.2, 0.25) is 5.91 Å². The summed E-state index contributed by atoms with van der Waals surface area (Å²) < 4.78 is 11.0. The summed E-state index contributed by atoms with van der Waals surface area (Å²) in [7, 11) is 1.81. The Morgan fingerprint density at radius 2 is 2.14 bits per heavy atom. The van der Waals surface area contributed by atoms with Gasteiger partial charge < -0.3 is 19.7 Å². The summed E-state index contributed by atoms with van der Waals surface area (Å²) >= 11 is 0. The van der Waals surface area contributed by atoms with Gasteiger partial charge in [0, 0.05) is 26.1 Å². The molecule has 1 fully saturated rings. The predicted octanol–water partition coefficient (Wildman–Crippen LogP) is 1.63. The van der Waals surface area contributed by atoms with E-state index in [4.69, 9.17) is 9.47 Å². The maximum atomic E-state index is 12.1. The van der Waals surface area contributed by atoms with Crippen LogP contribution in [-0.2, 0) is 9.53 Å². The molecule has 0 spiro atoms. The molecule has 0 radical (unpaired) electrons. The number of carbonyl (C=O) groups excluding carboxylic acids is 1. The lowest BCUT2D eigenvalue weighted by Gasteiger charge is -2.25. The Bertz CT molecular complexity index is 447. The fourth-order valence-corrected chi connectivity index (χ4v) is 2.18. The fourth-order valence-electron chi connectivity index (χ4n) is 2.18. The largest absolute Gasteiger partial charge is 0.492 e. The van der Waals surface area contributed by atoms with Crippen molar-refractivity contribution >= 4 is 18.3 Å². The van der Waals surface area contributed by atoms with Gasteiger partial charge in [-0.25, -0.2) is 0 Å². The minimum Gasteiger partial charge on any atom is -0.492 e. The number of morpholine rings is 1. The molecule has 1 N–H and O–H groups in total. The highest BCUT2D eigenvalue weighted by atomic mass is 35.5. The number of hydrogen-bond donors (Lipinski definition) is 1. The second kappa shape index (κ2) is 9.66. The van der Waals surface area contributed by atoms with Crippen LogP contribution >= 0.6 is 12.4 Å². The Hall–Kier alpha value is -1.30. The van der Waals surface area contributed by atoms with Gasteiger partial charge in [-0.2, -0.15) is 0 Å². The van der Waals surface area contributed by atoms with Gasteiger partial charge in [0.05, 0.1) is 19.8 Å². The molecule has 124 valence electrons. The zero-order valence-corrected chi connectivity index (χ0v) is 14.0. The molecule has 0 aliphatic carbocycles. The van der Waals surface area contributed by atoms with E-state index < -0.39 is 0 Å². The number of likely N-dealkylation sites (N-methyl/N-ethyl adjacent to an activating group) is 1. The molecule has 1 aromatic rings. The van der Waals surface area contributed by atoms with Gasteiger partial charge in [-0.1, -0.05) is 17.7 Å². The molecule has 2 rings (SSSR count). The summed E-state index contributed by atoms with van der Waals surface area (Å²) in [6.45, 7) is 5.28. The van der Waals surface area contributed by atoms with Gasteiger partial charge >= 0.3 is 0 Å². The van der Waals surface area contributed by atoms with Crippen molar-refractivity contribution in [2.45, 2.75) is 19.4 Å². The molecule has 1 atom stereocenters. The van der Waals surface area contributed by atoms with Crippen LogP contribution in [0.2, 0.25) is 0 Å². The Morgan fingerprint density at radius 1 is 1.41 bits per heavy atom. The van der Waals surface area contributed by atoms with Gasteiger partial charge in [0.1, 0.15) is 12.4 Å². The maximum absolute atomic E-state index is 12.1. The molecule has 1 aliphatic rings. The zero-order valence-electron chi connectivity index (χ0n) is 13.2. The summed E-state index contributed by atoms with van der Waals surface area (Å²) in [6, 6.07) is 8.05. The first-order valence-electron chi connectivity index (χ1n) is 7.39. The van der Waals surface area contributed by atoms with Crippen molar-refractivity contribution in [3.63, 3.8) is 0 Å². The highest BCUT2D eigenvalue weighted by molar-refractivity contribution is 5.85. The standard InChI is InChI=1S/C16H24N2O3.ClH/c1-13-3-5-15(6-4-13)21-10-8-18(2)16(19)11-14-12-20-9-7-17-14;/h3-6,14,17H,7-12H2,1-2H3;1H. The number of nitrogens with zero attached hydrogens (tertiary/aromatic N) is 1. The average molecular weight is 329 g/mol. The number of ether oxygens (including phenoxy) is 2. The van der Waals surface area contributed by atoms with Crippen molar-refractivity contribution < 1.29 is 14.3 Å². The van der Waals surface area contributed by atoms with Crippen LogP contribution in [0.15, 0.2) is 24.3 Å². The Kier molecular flexibility index (Phi) is 8.24. The molecule has 1 heterocycles. The van der Waals surface area contributed by atoms with E-state index in [-0.39, 0.29) is 24.4 Å². The molecule has 1 unspecified atom stereocenters. The van der Waals surface area contributed by atoms with Crippen LogP contribution in [0.25, 0.3) is 0 Å². The molecule has 6 heteroatoms. The lowest BCUT2D eigenvalue weighted by molar-refractivity contribution is -0.131. The summed E-state index contributed by atoms with van der Waals surface area (Å²) in [4.78, 5) is 13.8. The molecule has 22 heavy (non-hydrogen) atoms. The first kappa shape index (κ1) is 18.7. The van der Waals surface area contributed by atoms with Crippen LogP contribution in [0, 0.1) is 6.92 Å². The van der Waals surface area contributed by atoms with Gasteiger partial charge in [0.25, 0.3) is 0 Å². The topological polar surface area (TPSA) is 50.8 Å². The van der Waals surface area contributed by atoms with E-state index in [1.807, 2.05) is 38.2 Å². The van der Waals surface area contributed by atoms with Crippen molar-refractivity contribution in [2.24, 2.45) is 0 Å². The summed E-state index contributed by atoms with van der Waals surface area (Å²) in [5.74, 6) is 0.953. The number of amides is 1. The predicted molar refractivity (Wildman–Crippen MR) is 88.8 cm³/mol. The van der Waals surface area contributed by atoms with E-state index in [1.54, 1.807) is 4.90 Å². The van der Waals surface area contributed by atoms with E-state index >= 15 is 0 Å². The van der Waals surface area contributed by atoms with E-state index in [0.717, 1.165) is 18.9 Å². The summed E-state index contributed by atoms with van der Waals surface area (Å²) in [5.41, 5.74) is 1.21. The normalized spacial score (nSPS) is 17.5.